The van der Waals surface area contributed by atoms with E-state index in [1.165, 1.54) is 22.3 Å². The Hall–Kier alpha value is -2.63. The molecule has 0 saturated carbocycles. The fraction of sp³-hybridized carbons (Fsp3) is 0.286. The average Bonchev–Trinajstić information content (AvgIpc) is 3.00. The molecule has 1 amide bonds. The minimum absolute atomic E-state index is 0.210. The van der Waals surface area contributed by atoms with Crippen molar-refractivity contribution < 1.29 is 4.79 Å². The number of fused-ring (bicyclic) bond motifs is 1. The van der Waals surface area contributed by atoms with Crippen molar-refractivity contribution in [2.75, 3.05) is 0 Å². The van der Waals surface area contributed by atoms with Crippen molar-refractivity contribution in [1.29, 1.82) is 0 Å². The van der Waals surface area contributed by atoms with E-state index < -0.39 is 6.04 Å². The Morgan fingerprint density at radius 3 is 2.58 bits per heavy atom. The van der Waals surface area contributed by atoms with Gasteiger partial charge in [-0.1, -0.05) is 35.9 Å². The number of amides is 1. The summed E-state index contributed by atoms with van der Waals surface area (Å²) in [7, 11) is 0. The number of nitrogens with one attached hydrogen (secondary N) is 3. The average molecular weight is 350 g/mol. The van der Waals surface area contributed by atoms with Crippen LogP contribution in [0.2, 0.25) is 0 Å². The van der Waals surface area contributed by atoms with Crippen LogP contribution in [0.25, 0.3) is 10.9 Å². The predicted octanol–water partition coefficient (Wildman–Crippen LogP) is 2.78. The van der Waals surface area contributed by atoms with Crippen LogP contribution in [-0.2, 0) is 17.8 Å². The van der Waals surface area contributed by atoms with E-state index in [0.29, 0.717) is 13.0 Å². The Morgan fingerprint density at radius 2 is 1.85 bits per heavy atom. The van der Waals surface area contributed by atoms with Gasteiger partial charge in [-0.3, -0.25) is 10.2 Å². The normalized spacial score (nSPS) is 12.3. The lowest BCUT2D eigenvalue weighted by Crippen LogP contribution is -2.47. The van der Waals surface area contributed by atoms with Crippen LogP contribution in [0.1, 0.15) is 27.8 Å². The highest BCUT2D eigenvalue weighted by Gasteiger charge is 2.16. The Kier molecular flexibility index (Phi) is 5.40. The van der Waals surface area contributed by atoms with E-state index in [2.05, 4.69) is 48.7 Å². The third-order valence-corrected chi connectivity index (χ3v) is 4.77. The second-order valence-electron chi connectivity index (χ2n) is 6.89. The highest BCUT2D eigenvalue weighted by molar-refractivity contribution is 5.85. The zero-order chi connectivity index (χ0) is 18.7. The van der Waals surface area contributed by atoms with Crippen LogP contribution >= 0.6 is 0 Å². The fourth-order valence-electron chi connectivity index (χ4n) is 3.43. The van der Waals surface area contributed by atoms with Crippen molar-refractivity contribution >= 4 is 16.8 Å². The number of aryl methyl sites for hydroxylation is 3. The van der Waals surface area contributed by atoms with Crippen molar-refractivity contribution in [2.45, 2.75) is 39.8 Å². The number of nitrogens with two attached hydrogens (primary N) is 1. The molecule has 26 heavy (non-hydrogen) atoms. The van der Waals surface area contributed by atoms with Crippen molar-refractivity contribution in [3.8, 4) is 0 Å². The third-order valence-electron chi connectivity index (χ3n) is 4.77. The minimum atomic E-state index is -0.609. The number of hydrogen-bond acceptors (Lipinski definition) is 3. The summed E-state index contributed by atoms with van der Waals surface area (Å²) >= 11 is 0. The number of rotatable bonds is 6. The summed E-state index contributed by atoms with van der Waals surface area (Å²) in [6.07, 6.45) is 2.41. The van der Waals surface area contributed by atoms with E-state index in [1.54, 1.807) is 0 Å². The first kappa shape index (κ1) is 18.2. The van der Waals surface area contributed by atoms with E-state index in [9.17, 15) is 4.79 Å². The summed E-state index contributed by atoms with van der Waals surface area (Å²) in [5, 5.41) is 1.11. The summed E-state index contributed by atoms with van der Waals surface area (Å²) in [5.41, 5.74) is 18.8. The molecule has 5 heteroatoms. The first-order chi connectivity index (χ1) is 12.5. The molecule has 0 fully saturated rings. The molecular formula is C21H26N4O. The highest BCUT2D eigenvalue weighted by Crippen LogP contribution is 2.19. The molecule has 3 rings (SSSR count). The largest absolute Gasteiger partial charge is 0.361 e. The number of aromatic amines is 1. The van der Waals surface area contributed by atoms with Crippen molar-refractivity contribution in [3.63, 3.8) is 0 Å². The standard InChI is InChI=1S/C21H26N4O/c1-13-8-14(2)18(15(3)9-13)12-24-25-21(26)19(22)10-16-11-23-20-7-5-4-6-17(16)20/h4-9,11,19,23-24H,10,12,22H2,1-3H3,(H,25,26)/t19-/m0/s1. The third kappa shape index (κ3) is 3.95. The summed E-state index contributed by atoms with van der Waals surface area (Å²) in [4.78, 5) is 15.5. The SMILES string of the molecule is Cc1cc(C)c(CNNC(=O)[C@@H](N)Cc2c[nH]c3ccccc23)c(C)c1. The quantitative estimate of drug-likeness (QED) is 0.516. The monoisotopic (exact) mass is 350 g/mol. The molecule has 1 aromatic heterocycles. The molecule has 0 saturated heterocycles. The van der Waals surface area contributed by atoms with Crippen molar-refractivity contribution in [3.05, 3.63) is 70.4 Å². The summed E-state index contributed by atoms with van der Waals surface area (Å²) in [5.74, 6) is -0.210. The van der Waals surface area contributed by atoms with E-state index in [1.807, 2.05) is 30.5 Å². The number of hydrazine groups is 1. The van der Waals surface area contributed by atoms with Crippen LogP contribution in [0.5, 0.6) is 0 Å². The Balaban J connectivity index is 1.57. The van der Waals surface area contributed by atoms with Crippen LogP contribution < -0.4 is 16.6 Å². The molecule has 0 spiro atoms. The topological polar surface area (TPSA) is 82.9 Å². The maximum absolute atomic E-state index is 12.3. The predicted molar refractivity (Wildman–Crippen MR) is 106 cm³/mol. The van der Waals surface area contributed by atoms with Crippen LogP contribution in [0.4, 0.5) is 0 Å². The molecular weight excluding hydrogens is 324 g/mol. The van der Waals surface area contributed by atoms with E-state index in [0.717, 1.165) is 16.5 Å². The molecule has 0 radical (unpaired) electrons. The van der Waals surface area contributed by atoms with Gasteiger partial charge < -0.3 is 10.7 Å². The number of para-hydroxylation sites is 1. The van der Waals surface area contributed by atoms with Gasteiger partial charge >= 0.3 is 0 Å². The molecule has 0 bridgehead atoms. The lowest BCUT2D eigenvalue weighted by atomic mass is 10.00. The van der Waals surface area contributed by atoms with Gasteiger partial charge in [-0.15, -0.1) is 0 Å². The molecule has 0 aliphatic rings. The van der Waals surface area contributed by atoms with E-state index >= 15 is 0 Å². The van der Waals surface area contributed by atoms with E-state index in [4.69, 9.17) is 5.73 Å². The van der Waals surface area contributed by atoms with Gasteiger partial charge in [0.2, 0.25) is 0 Å². The van der Waals surface area contributed by atoms with Gasteiger partial charge in [0.1, 0.15) is 0 Å². The summed E-state index contributed by atoms with van der Waals surface area (Å²) in [6, 6.07) is 11.7. The molecule has 1 atom stereocenters. The highest BCUT2D eigenvalue weighted by atomic mass is 16.2. The Labute approximate surface area is 154 Å². The van der Waals surface area contributed by atoms with Crippen LogP contribution in [0, 0.1) is 20.8 Å². The molecule has 5 N–H and O–H groups in total. The number of H-pyrrole nitrogens is 1. The van der Waals surface area contributed by atoms with Gasteiger partial charge in [0.25, 0.3) is 5.91 Å². The number of hydrogen-bond donors (Lipinski definition) is 4. The number of benzene rings is 2. The van der Waals surface area contributed by atoms with E-state index in [-0.39, 0.29) is 5.91 Å². The molecule has 0 aliphatic carbocycles. The van der Waals surface area contributed by atoms with Crippen molar-refractivity contribution in [1.82, 2.24) is 15.8 Å². The van der Waals surface area contributed by atoms with Gasteiger partial charge in [0.15, 0.2) is 0 Å². The second-order valence-corrected chi connectivity index (χ2v) is 6.89. The second kappa shape index (κ2) is 7.72. The minimum Gasteiger partial charge on any atom is -0.361 e. The van der Waals surface area contributed by atoms with Crippen LogP contribution in [0.15, 0.2) is 42.6 Å². The van der Waals surface area contributed by atoms with Crippen molar-refractivity contribution in [2.24, 2.45) is 5.73 Å². The molecule has 0 aliphatic heterocycles. The maximum Gasteiger partial charge on any atom is 0.251 e. The Bertz CT molecular complexity index is 906. The molecule has 1 heterocycles. The first-order valence-electron chi connectivity index (χ1n) is 8.85. The zero-order valence-electron chi connectivity index (χ0n) is 15.5. The maximum atomic E-state index is 12.3. The molecule has 5 nitrogen and oxygen atoms in total. The van der Waals surface area contributed by atoms with Gasteiger partial charge in [0, 0.05) is 23.6 Å². The number of carbonyl (C=O) groups excluding carboxylic acids is 1. The number of carbonyl (C=O) groups is 1. The molecule has 0 unspecified atom stereocenters. The first-order valence-corrected chi connectivity index (χ1v) is 8.85. The van der Waals surface area contributed by atoms with Gasteiger partial charge in [0.05, 0.1) is 6.04 Å². The lowest BCUT2D eigenvalue weighted by Gasteiger charge is -2.15. The molecule has 136 valence electrons. The fourth-order valence-corrected chi connectivity index (χ4v) is 3.43. The number of aromatic nitrogens is 1. The van der Waals surface area contributed by atoms with Gasteiger partial charge in [-0.05, 0) is 55.5 Å². The smallest absolute Gasteiger partial charge is 0.251 e. The summed E-state index contributed by atoms with van der Waals surface area (Å²) in [6.45, 7) is 6.83. The Morgan fingerprint density at radius 1 is 1.15 bits per heavy atom. The lowest BCUT2D eigenvalue weighted by molar-refractivity contribution is -0.123. The van der Waals surface area contributed by atoms with Gasteiger partial charge in [-0.2, -0.15) is 0 Å². The molecule has 3 aromatic rings. The zero-order valence-corrected chi connectivity index (χ0v) is 15.5. The van der Waals surface area contributed by atoms with Crippen LogP contribution in [0.3, 0.4) is 0 Å². The summed E-state index contributed by atoms with van der Waals surface area (Å²) < 4.78 is 0. The van der Waals surface area contributed by atoms with Gasteiger partial charge in [-0.25, -0.2) is 5.43 Å². The molecule has 2 aromatic carbocycles. The van der Waals surface area contributed by atoms with Crippen LogP contribution in [-0.4, -0.2) is 16.9 Å².